The van der Waals surface area contributed by atoms with Gasteiger partial charge in [0.2, 0.25) is 10.0 Å². The highest BCUT2D eigenvalue weighted by Crippen LogP contribution is 2.47. The predicted octanol–water partition coefficient (Wildman–Crippen LogP) is 1.82. The summed E-state index contributed by atoms with van der Waals surface area (Å²) in [6.45, 7) is 5.81. The molecule has 0 bridgehead atoms. The Morgan fingerprint density at radius 1 is 1.35 bits per heavy atom. The molecule has 1 aromatic heterocycles. The Hall–Kier alpha value is -0.850. The molecular weight excluding hydrogens is 276 g/mol. The van der Waals surface area contributed by atoms with Crippen LogP contribution < -0.4 is 10.0 Å². The first-order valence-corrected chi connectivity index (χ1v) is 8.93. The molecule has 2 unspecified atom stereocenters. The van der Waals surface area contributed by atoms with E-state index < -0.39 is 10.0 Å². The van der Waals surface area contributed by atoms with Gasteiger partial charge in [-0.2, -0.15) is 0 Å². The minimum Gasteiger partial charge on any atom is -0.464 e. The average molecular weight is 300 g/mol. The van der Waals surface area contributed by atoms with E-state index in [0.717, 1.165) is 30.4 Å². The van der Waals surface area contributed by atoms with E-state index in [1.807, 2.05) is 6.07 Å². The van der Waals surface area contributed by atoms with Crippen LogP contribution in [0.4, 0.5) is 0 Å². The Labute approximate surface area is 121 Å². The highest BCUT2D eigenvalue weighted by atomic mass is 32.2. The highest BCUT2D eigenvalue weighted by molar-refractivity contribution is 7.89. The number of hydrogen-bond acceptors (Lipinski definition) is 4. The summed E-state index contributed by atoms with van der Waals surface area (Å²) in [5, 5.41) is 3.26. The predicted molar refractivity (Wildman–Crippen MR) is 79.0 cm³/mol. The molecule has 6 heteroatoms. The second-order valence-corrected chi connectivity index (χ2v) is 7.55. The van der Waals surface area contributed by atoms with Crippen LogP contribution in [0.1, 0.15) is 44.1 Å². The third kappa shape index (κ3) is 4.61. The van der Waals surface area contributed by atoms with Gasteiger partial charge in [-0.3, -0.25) is 0 Å². The van der Waals surface area contributed by atoms with Crippen molar-refractivity contribution in [3.63, 3.8) is 0 Å². The molecule has 0 radical (unpaired) electrons. The van der Waals surface area contributed by atoms with Crippen molar-refractivity contribution in [1.29, 1.82) is 0 Å². The van der Waals surface area contributed by atoms with E-state index in [9.17, 15) is 8.42 Å². The molecule has 2 N–H and O–H groups in total. The second kappa shape index (κ2) is 6.74. The van der Waals surface area contributed by atoms with E-state index in [1.54, 1.807) is 6.92 Å². The summed E-state index contributed by atoms with van der Waals surface area (Å²) in [6, 6.07) is 4.09. The van der Waals surface area contributed by atoms with Crippen LogP contribution in [0.15, 0.2) is 16.5 Å². The van der Waals surface area contributed by atoms with Crippen molar-refractivity contribution in [3.05, 3.63) is 23.7 Å². The highest BCUT2D eigenvalue weighted by Gasteiger charge is 2.36. The lowest BCUT2D eigenvalue weighted by Gasteiger charge is -2.05. The lowest BCUT2D eigenvalue weighted by atomic mass is 10.3. The molecule has 5 nitrogen and oxygen atoms in total. The van der Waals surface area contributed by atoms with Gasteiger partial charge in [0, 0.05) is 12.5 Å². The third-order valence-corrected chi connectivity index (χ3v) is 5.09. The summed E-state index contributed by atoms with van der Waals surface area (Å²) in [5.74, 6) is 3.56. The van der Waals surface area contributed by atoms with E-state index in [-0.39, 0.29) is 5.75 Å². The fourth-order valence-corrected chi connectivity index (χ4v) is 2.82. The molecule has 114 valence electrons. The smallest absolute Gasteiger partial charge is 0.211 e. The van der Waals surface area contributed by atoms with Gasteiger partial charge >= 0.3 is 0 Å². The van der Waals surface area contributed by atoms with E-state index in [0.29, 0.717) is 19.0 Å². The number of sulfonamides is 1. The summed E-state index contributed by atoms with van der Waals surface area (Å²) in [6.07, 6.45) is 2.00. The van der Waals surface area contributed by atoms with Crippen LogP contribution in [0.25, 0.3) is 0 Å². The largest absolute Gasteiger partial charge is 0.464 e. The fraction of sp³-hybridized carbons (Fsp3) is 0.714. The maximum Gasteiger partial charge on any atom is 0.211 e. The van der Waals surface area contributed by atoms with Crippen LogP contribution in [-0.4, -0.2) is 27.3 Å². The Kier molecular flexibility index (Phi) is 5.23. The third-order valence-electron chi connectivity index (χ3n) is 3.69. The van der Waals surface area contributed by atoms with Gasteiger partial charge in [0.15, 0.2) is 0 Å². The summed E-state index contributed by atoms with van der Waals surface area (Å²) in [7, 11) is -3.06. The molecule has 1 aliphatic rings. The number of nitrogens with one attached hydrogen (secondary N) is 2. The summed E-state index contributed by atoms with van der Waals surface area (Å²) in [4.78, 5) is 0. The summed E-state index contributed by atoms with van der Waals surface area (Å²) < 4.78 is 30.7. The lowest BCUT2D eigenvalue weighted by molar-refractivity contribution is 0.443. The second-order valence-electron chi connectivity index (χ2n) is 5.45. The van der Waals surface area contributed by atoms with Crippen LogP contribution in [0.5, 0.6) is 0 Å². The van der Waals surface area contributed by atoms with Crippen molar-refractivity contribution in [3.8, 4) is 0 Å². The summed E-state index contributed by atoms with van der Waals surface area (Å²) in [5.41, 5.74) is 0. The van der Waals surface area contributed by atoms with Gasteiger partial charge in [-0.15, -0.1) is 0 Å². The minimum atomic E-state index is -3.06. The standard InChI is InChI=1S/C14H24N2O3S/c1-3-20(17,18)16-8-4-7-15-10-12-5-6-14(19-12)13-9-11(13)2/h5-6,11,13,15-16H,3-4,7-10H2,1-2H3. The van der Waals surface area contributed by atoms with Gasteiger partial charge < -0.3 is 9.73 Å². The van der Waals surface area contributed by atoms with Crippen molar-refractivity contribution >= 4 is 10.0 Å². The van der Waals surface area contributed by atoms with Gasteiger partial charge in [-0.05, 0) is 44.4 Å². The molecule has 0 amide bonds. The van der Waals surface area contributed by atoms with Crippen molar-refractivity contribution in [2.75, 3.05) is 18.8 Å². The molecule has 0 aromatic carbocycles. The lowest BCUT2D eigenvalue weighted by Crippen LogP contribution is -2.28. The number of rotatable bonds is 9. The van der Waals surface area contributed by atoms with Crippen LogP contribution in [0.3, 0.4) is 0 Å². The molecule has 2 atom stereocenters. The van der Waals surface area contributed by atoms with E-state index in [2.05, 4.69) is 23.0 Å². The first-order chi connectivity index (χ1) is 9.52. The first-order valence-electron chi connectivity index (χ1n) is 7.28. The zero-order valence-electron chi connectivity index (χ0n) is 12.2. The van der Waals surface area contributed by atoms with Crippen molar-refractivity contribution in [1.82, 2.24) is 10.0 Å². The molecule has 1 aliphatic carbocycles. The first kappa shape index (κ1) is 15.5. The molecule has 0 saturated heterocycles. The van der Waals surface area contributed by atoms with Crippen molar-refractivity contribution < 1.29 is 12.8 Å². The van der Waals surface area contributed by atoms with Gasteiger partial charge in [0.25, 0.3) is 0 Å². The normalized spacial score (nSPS) is 22.1. The van der Waals surface area contributed by atoms with Gasteiger partial charge in [-0.25, -0.2) is 13.1 Å². The van der Waals surface area contributed by atoms with E-state index in [1.165, 1.54) is 6.42 Å². The van der Waals surface area contributed by atoms with Gasteiger partial charge in [0.1, 0.15) is 11.5 Å². The monoisotopic (exact) mass is 300 g/mol. The SMILES string of the molecule is CCS(=O)(=O)NCCCNCc1ccc(C2CC2C)o1. The van der Waals surface area contributed by atoms with Crippen LogP contribution in [0.2, 0.25) is 0 Å². The number of furan rings is 1. The average Bonchev–Trinajstić information content (AvgIpc) is 2.97. The topological polar surface area (TPSA) is 71.3 Å². The fourth-order valence-electron chi connectivity index (χ4n) is 2.16. The van der Waals surface area contributed by atoms with Crippen LogP contribution in [-0.2, 0) is 16.6 Å². The molecule has 0 spiro atoms. The van der Waals surface area contributed by atoms with Gasteiger partial charge in [-0.1, -0.05) is 6.92 Å². The molecule has 1 fully saturated rings. The molecule has 0 aliphatic heterocycles. The number of hydrogen-bond donors (Lipinski definition) is 2. The Bertz CT molecular complexity index is 524. The molecule has 1 aromatic rings. The molecule has 20 heavy (non-hydrogen) atoms. The van der Waals surface area contributed by atoms with Crippen molar-refractivity contribution in [2.45, 2.75) is 39.2 Å². The Morgan fingerprint density at radius 2 is 2.10 bits per heavy atom. The molecular formula is C14H24N2O3S. The Balaban J connectivity index is 1.58. The van der Waals surface area contributed by atoms with E-state index in [4.69, 9.17) is 4.42 Å². The zero-order valence-corrected chi connectivity index (χ0v) is 13.0. The van der Waals surface area contributed by atoms with Crippen LogP contribution >= 0.6 is 0 Å². The molecule has 1 heterocycles. The maximum absolute atomic E-state index is 11.2. The minimum absolute atomic E-state index is 0.134. The summed E-state index contributed by atoms with van der Waals surface area (Å²) >= 11 is 0. The quantitative estimate of drug-likeness (QED) is 0.682. The van der Waals surface area contributed by atoms with Crippen molar-refractivity contribution in [2.24, 2.45) is 5.92 Å². The molecule has 1 saturated carbocycles. The van der Waals surface area contributed by atoms with Gasteiger partial charge in [0.05, 0.1) is 12.3 Å². The van der Waals surface area contributed by atoms with E-state index >= 15 is 0 Å². The zero-order chi connectivity index (χ0) is 14.6. The van der Waals surface area contributed by atoms with Crippen LogP contribution in [0, 0.1) is 5.92 Å². The maximum atomic E-state index is 11.2. The Morgan fingerprint density at radius 3 is 2.75 bits per heavy atom. The molecule has 2 rings (SSSR count).